The Morgan fingerprint density at radius 3 is 2.57 bits per heavy atom. The summed E-state index contributed by atoms with van der Waals surface area (Å²) in [7, 11) is 0. The predicted molar refractivity (Wildman–Crippen MR) is 113 cm³/mol. The van der Waals surface area contributed by atoms with E-state index in [0.717, 1.165) is 16.8 Å². The zero-order valence-corrected chi connectivity index (χ0v) is 16.6. The van der Waals surface area contributed by atoms with Crippen LogP contribution in [0.25, 0.3) is 0 Å². The summed E-state index contributed by atoms with van der Waals surface area (Å²) in [4.78, 5) is 12.7. The first-order chi connectivity index (χ1) is 13.6. The van der Waals surface area contributed by atoms with E-state index in [-0.39, 0.29) is 12.5 Å². The van der Waals surface area contributed by atoms with Gasteiger partial charge >= 0.3 is 0 Å². The molecule has 0 radical (unpaired) electrons. The molecule has 0 spiro atoms. The van der Waals surface area contributed by atoms with Crippen LogP contribution in [0.1, 0.15) is 28.4 Å². The second-order valence-corrected chi connectivity index (χ2v) is 6.71. The van der Waals surface area contributed by atoms with E-state index in [4.69, 9.17) is 21.1 Å². The number of rotatable bonds is 7. The van der Waals surface area contributed by atoms with Gasteiger partial charge in [0.2, 0.25) is 0 Å². The molecule has 0 saturated carbocycles. The minimum Gasteiger partial charge on any atom is -0.493 e. The van der Waals surface area contributed by atoms with Crippen molar-refractivity contribution in [2.24, 2.45) is 0 Å². The zero-order valence-electron chi connectivity index (χ0n) is 15.9. The molecule has 3 aromatic rings. The molecule has 0 saturated heterocycles. The summed E-state index contributed by atoms with van der Waals surface area (Å²) >= 11 is 6.01. The van der Waals surface area contributed by atoms with Crippen molar-refractivity contribution in [3.63, 3.8) is 0 Å². The number of anilines is 1. The van der Waals surface area contributed by atoms with Crippen LogP contribution in [0, 0.1) is 6.92 Å². The lowest BCUT2D eigenvalue weighted by Gasteiger charge is -2.14. The van der Waals surface area contributed by atoms with Gasteiger partial charge in [-0.3, -0.25) is 4.79 Å². The highest BCUT2D eigenvalue weighted by atomic mass is 35.5. The van der Waals surface area contributed by atoms with Crippen molar-refractivity contribution in [1.29, 1.82) is 0 Å². The molecule has 0 aliphatic carbocycles. The average molecular weight is 396 g/mol. The molecular weight excluding hydrogens is 374 g/mol. The number of para-hydroxylation sites is 1. The second kappa shape index (κ2) is 9.29. The largest absolute Gasteiger partial charge is 0.493 e. The Morgan fingerprint density at radius 2 is 1.82 bits per heavy atom. The molecule has 0 unspecified atom stereocenters. The second-order valence-electron chi connectivity index (χ2n) is 6.27. The van der Waals surface area contributed by atoms with Crippen LogP contribution in [0.4, 0.5) is 5.69 Å². The molecule has 0 fully saturated rings. The summed E-state index contributed by atoms with van der Waals surface area (Å²) < 4.78 is 11.5. The van der Waals surface area contributed by atoms with E-state index in [1.165, 1.54) is 0 Å². The highest BCUT2D eigenvalue weighted by Crippen LogP contribution is 2.25. The van der Waals surface area contributed by atoms with Gasteiger partial charge in [-0.1, -0.05) is 35.9 Å². The first kappa shape index (κ1) is 19.8. The molecule has 0 aliphatic heterocycles. The molecular formula is C23H22ClNO3. The quantitative estimate of drug-likeness (QED) is 0.543. The first-order valence-electron chi connectivity index (χ1n) is 9.08. The van der Waals surface area contributed by atoms with Gasteiger partial charge in [-0.2, -0.15) is 0 Å². The summed E-state index contributed by atoms with van der Waals surface area (Å²) in [5.41, 5.74) is 3.13. The number of aryl methyl sites for hydroxylation is 1. The number of halogens is 1. The molecule has 3 rings (SSSR count). The Hall–Kier alpha value is -2.98. The highest BCUT2D eigenvalue weighted by molar-refractivity contribution is 6.30. The summed E-state index contributed by atoms with van der Waals surface area (Å²) in [6.45, 7) is 4.67. The van der Waals surface area contributed by atoms with E-state index in [9.17, 15) is 4.79 Å². The molecule has 1 amide bonds. The molecule has 0 heterocycles. The summed E-state index contributed by atoms with van der Waals surface area (Å²) in [6.07, 6.45) is 0. The normalized spacial score (nSPS) is 10.4. The summed E-state index contributed by atoms with van der Waals surface area (Å²) in [6, 6.07) is 20.2. The van der Waals surface area contributed by atoms with Crippen LogP contribution in [0.2, 0.25) is 5.02 Å². The summed E-state index contributed by atoms with van der Waals surface area (Å²) in [5, 5.41) is 3.55. The monoisotopic (exact) mass is 395 g/mol. The summed E-state index contributed by atoms with van der Waals surface area (Å²) in [5.74, 6) is 1.17. The van der Waals surface area contributed by atoms with Crippen LogP contribution >= 0.6 is 11.6 Å². The van der Waals surface area contributed by atoms with E-state index in [0.29, 0.717) is 28.7 Å². The number of carbonyl (C=O) groups is 1. The maximum atomic E-state index is 12.7. The average Bonchev–Trinajstić information content (AvgIpc) is 2.69. The van der Waals surface area contributed by atoms with E-state index < -0.39 is 0 Å². The maximum absolute atomic E-state index is 12.7. The topological polar surface area (TPSA) is 47.6 Å². The van der Waals surface area contributed by atoms with Gasteiger partial charge in [-0.15, -0.1) is 0 Å². The Bertz CT molecular complexity index is 972. The van der Waals surface area contributed by atoms with Crippen molar-refractivity contribution in [1.82, 2.24) is 0 Å². The molecule has 0 bridgehead atoms. The van der Waals surface area contributed by atoms with Crippen molar-refractivity contribution in [3.8, 4) is 11.5 Å². The minimum atomic E-state index is -0.179. The molecule has 28 heavy (non-hydrogen) atoms. The number of ether oxygens (including phenoxy) is 2. The number of amides is 1. The van der Waals surface area contributed by atoms with E-state index in [1.54, 1.807) is 30.3 Å². The van der Waals surface area contributed by atoms with Gasteiger partial charge in [0.15, 0.2) is 0 Å². The minimum absolute atomic E-state index is 0.179. The van der Waals surface area contributed by atoms with Gasteiger partial charge in [-0.05, 0) is 61.9 Å². The number of nitrogens with one attached hydrogen (secondary N) is 1. The zero-order chi connectivity index (χ0) is 19.9. The molecule has 0 atom stereocenters. The number of carbonyl (C=O) groups excluding carboxylic acids is 1. The third kappa shape index (κ3) is 5.05. The van der Waals surface area contributed by atoms with Gasteiger partial charge in [0.1, 0.15) is 18.1 Å². The van der Waals surface area contributed by atoms with Gasteiger partial charge < -0.3 is 14.8 Å². The van der Waals surface area contributed by atoms with Gasteiger partial charge in [-0.25, -0.2) is 0 Å². The third-order valence-corrected chi connectivity index (χ3v) is 4.44. The SMILES string of the molecule is CCOc1ccc(C(=O)Nc2ccccc2C)cc1COc1cccc(Cl)c1. The van der Waals surface area contributed by atoms with E-state index >= 15 is 0 Å². The number of benzene rings is 3. The predicted octanol–water partition coefficient (Wildman–Crippen LogP) is 5.88. The Labute approximate surface area is 170 Å². The number of hydrogen-bond acceptors (Lipinski definition) is 3. The van der Waals surface area contributed by atoms with Gasteiger partial charge in [0.05, 0.1) is 6.61 Å². The molecule has 0 aromatic heterocycles. The lowest BCUT2D eigenvalue weighted by atomic mass is 10.1. The fraction of sp³-hybridized carbons (Fsp3) is 0.174. The van der Waals surface area contributed by atoms with Crippen LogP contribution in [-0.4, -0.2) is 12.5 Å². The molecule has 144 valence electrons. The maximum Gasteiger partial charge on any atom is 0.255 e. The van der Waals surface area contributed by atoms with Crippen LogP contribution < -0.4 is 14.8 Å². The first-order valence-corrected chi connectivity index (χ1v) is 9.45. The van der Waals surface area contributed by atoms with Crippen LogP contribution in [0.15, 0.2) is 66.7 Å². The van der Waals surface area contributed by atoms with Crippen molar-refractivity contribution in [2.45, 2.75) is 20.5 Å². The van der Waals surface area contributed by atoms with Crippen molar-refractivity contribution in [3.05, 3.63) is 88.4 Å². The van der Waals surface area contributed by atoms with Crippen molar-refractivity contribution in [2.75, 3.05) is 11.9 Å². The molecule has 5 heteroatoms. The Balaban J connectivity index is 1.80. The molecule has 0 aliphatic rings. The van der Waals surface area contributed by atoms with Gasteiger partial charge in [0.25, 0.3) is 5.91 Å². The van der Waals surface area contributed by atoms with Crippen LogP contribution in [0.3, 0.4) is 0 Å². The van der Waals surface area contributed by atoms with Crippen LogP contribution in [-0.2, 0) is 6.61 Å². The Kier molecular flexibility index (Phi) is 6.56. The van der Waals surface area contributed by atoms with Gasteiger partial charge in [0, 0.05) is 21.8 Å². The Morgan fingerprint density at radius 1 is 1.00 bits per heavy atom. The van der Waals surface area contributed by atoms with Crippen molar-refractivity contribution < 1.29 is 14.3 Å². The fourth-order valence-corrected chi connectivity index (χ4v) is 2.94. The fourth-order valence-electron chi connectivity index (χ4n) is 2.76. The smallest absolute Gasteiger partial charge is 0.255 e. The number of hydrogen-bond donors (Lipinski definition) is 1. The lowest BCUT2D eigenvalue weighted by Crippen LogP contribution is -2.13. The highest BCUT2D eigenvalue weighted by Gasteiger charge is 2.12. The third-order valence-electron chi connectivity index (χ3n) is 4.21. The van der Waals surface area contributed by atoms with E-state index in [1.807, 2.05) is 50.2 Å². The lowest BCUT2D eigenvalue weighted by molar-refractivity contribution is 0.102. The molecule has 4 nitrogen and oxygen atoms in total. The van der Waals surface area contributed by atoms with Crippen LogP contribution in [0.5, 0.6) is 11.5 Å². The van der Waals surface area contributed by atoms with E-state index in [2.05, 4.69) is 5.32 Å². The standard InChI is InChI=1S/C23H22ClNO3/c1-3-27-22-12-11-17(23(26)25-21-10-5-4-7-16(21)2)13-18(22)15-28-20-9-6-8-19(24)14-20/h4-14H,3,15H2,1-2H3,(H,25,26). The molecule has 1 N–H and O–H groups in total. The van der Waals surface area contributed by atoms with Crippen molar-refractivity contribution >= 4 is 23.2 Å². The molecule has 3 aromatic carbocycles.